The van der Waals surface area contributed by atoms with Crippen molar-refractivity contribution < 1.29 is 0 Å². The molecule has 9 aromatic rings. The summed E-state index contributed by atoms with van der Waals surface area (Å²) >= 11 is 0. The Hall–Kier alpha value is -6.97. The van der Waals surface area contributed by atoms with Crippen molar-refractivity contribution in [2.24, 2.45) is 0 Å². The molecule has 1 saturated carbocycles. The number of rotatable bonds is 6. The monoisotopic (exact) mass is 743 g/mol. The lowest BCUT2D eigenvalue weighted by Gasteiger charge is -2.36. The second kappa shape index (κ2) is 14.2. The highest BCUT2D eigenvalue weighted by Crippen LogP contribution is 2.58. The van der Waals surface area contributed by atoms with Crippen molar-refractivity contribution in [2.45, 2.75) is 37.5 Å². The maximum Gasteiger partial charge on any atom is 0.164 e. The number of hydrogen-bond acceptors (Lipinski definition) is 3. The van der Waals surface area contributed by atoms with Gasteiger partial charge in [0.05, 0.1) is 0 Å². The molecule has 276 valence electrons. The van der Waals surface area contributed by atoms with E-state index in [0.717, 1.165) is 33.4 Å². The summed E-state index contributed by atoms with van der Waals surface area (Å²) in [5, 5.41) is 2.52. The third kappa shape index (κ3) is 5.77. The number of aromatic nitrogens is 3. The minimum absolute atomic E-state index is 0.130. The van der Waals surface area contributed by atoms with Crippen LogP contribution in [0.25, 0.3) is 89.4 Å². The summed E-state index contributed by atoms with van der Waals surface area (Å²) in [5.74, 6) is 1.95. The van der Waals surface area contributed by atoms with Crippen LogP contribution in [0.4, 0.5) is 0 Å². The van der Waals surface area contributed by atoms with Crippen molar-refractivity contribution in [1.82, 2.24) is 15.0 Å². The summed E-state index contributed by atoms with van der Waals surface area (Å²) in [5.41, 5.74) is 16.1. The molecule has 0 atom stereocenters. The van der Waals surface area contributed by atoms with Crippen LogP contribution in [0, 0.1) is 0 Å². The van der Waals surface area contributed by atoms with Gasteiger partial charge in [-0.25, -0.2) is 15.0 Å². The Balaban J connectivity index is 0.991. The van der Waals surface area contributed by atoms with Crippen LogP contribution >= 0.6 is 0 Å². The average Bonchev–Trinajstić information content (AvgIpc) is 3.58. The fourth-order valence-corrected chi connectivity index (χ4v) is 9.83. The van der Waals surface area contributed by atoms with Gasteiger partial charge in [0, 0.05) is 22.1 Å². The zero-order chi connectivity index (χ0) is 38.5. The standard InChI is InChI=1S/C55H41N3/c1-4-16-37(17-5-1)41-20-14-21-42(36-41)54-57-52(39-18-6-2-7-19-39)56-53(58-54)40-30-28-38(29-31-40)43-32-33-46(45-23-9-8-22-44(43)45)47-25-15-27-50-51(47)48-24-10-11-26-49(48)55(50)34-12-3-13-35-55/h1-2,4-11,14-33,36H,3,12-13,34-35H2. The van der Waals surface area contributed by atoms with Crippen LogP contribution in [0.5, 0.6) is 0 Å². The van der Waals surface area contributed by atoms with Gasteiger partial charge in [-0.2, -0.15) is 0 Å². The van der Waals surface area contributed by atoms with Gasteiger partial charge in [-0.1, -0.05) is 201 Å². The Morgan fingerprint density at radius 1 is 0.310 bits per heavy atom. The van der Waals surface area contributed by atoms with Gasteiger partial charge in [-0.3, -0.25) is 0 Å². The van der Waals surface area contributed by atoms with Gasteiger partial charge < -0.3 is 0 Å². The smallest absolute Gasteiger partial charge is 0.164 e. The summed E-state index contributed by atoms with van der Waals surface area (Å²) in [7, 11) is 0. The van der Waals surface area contributed by atoms with Crippen molar-refractivity contribution in [2.75, 3.05) is 0 Å². The first kappa shape index (κ1) is 34.3. The van der Waals surface area contributed by atoms with Crippen LogP contribution in [-0.4, -0.2) is 15.0 Å². The Bertz CT molecular complexity index is 2960. The summed E-state index contributed by atoms with van der Waals surface area (Å²) in [6.45, 7) is 0. The minimum atomic E-state index is 0.130. The van der Waals surface area contributed by atoms with Crippen molar-refractivity contribution in [3.63, 3.8) is 0 Å². The summed E-state index contributed by atoms with van der Waals surface area (Å²) in [6, 6.07) is 67.6. The van der Waals surface area contributed by atoms with Gasteiger partial charge >= 0.3 is 0 Å². The lowest BCUT2D eigenvalue weighted by atomic mass is 9.67. The van der Waals surface area contributed by atoms with E-state index >= 15 is 0 Å². The number of nitrogens with zero attached hydrogens (tertiary/aromatic N) is 3. The van der Waals surface area contributed by atoms with Crippen LogP contribution in [-0.2, 0) is 5.41 Å². The Kier molecular flexibility index (Phi) is 8.40. The fourth-order valence-electron chi connectivity index (χ4n) is 9.83. The Morgan fingerprint density at radius 2 is 0.810 bits per heavy atom. The number of fused-ring (bicyclic) bond motifs is 6. The molecule has 0 radical (unpaired) electrons. The second-order valence-corrected chi connectivity index (χ2v) is 15.8. The van der Waals surface area contributed by atoms with Crippen molar-refractivity contribution in [3.8, 4) is 78.7 Å². The molecule has 3 nitrogen and oxygen atoms in total. The first-order chi connectivity index (χ1) is 28.7. The summed E-state index contributed by atoms with van der Waals surface area (Å²) in [6.07, 6.45) is 6.38. The van der Waals surface area contributed by atoms with Crippen LogP contribution in [0.15, 0.2) is 188 Å². The van der Waals surface area contributed by atoms with Crippen LogP contribution in [0.3, 0.4) is 0 Å². The molecule has 1 fully saturated rings. The molecule has 0 unspecified atom stereocenters. The lowest BCUT2D eigenvalue weighted by Crippen LogP contribution is -2.27. The molecule has 0 N–H and O–H groups in total. The van der Waals surface area contributed by atoms with E-state index in [0.29, 0.717) is 17.5 Å². The zero-order valence-corrected chi connectivity index (χ0v) is 32.3. The van der Waals surface area contributed by atoms with Crippen molar-refractivity contribution in [1.29, 1.82) is 0 Å². The quantitative estimate of drug-likeness (QED) is 0.170. The van der Waals surface area contributed by atoms with Crippen LogP contribution in [0.1, 0.15) is 43.2 Å². The highest BCUT2D eigenvalue weighted by molar-refractivity contribution is 6.08. The maximum absolute atomic E-state index is 5.09. The van der Waals surface area contributed by atoms with Gasteiger partial charge in [0.1, 0.15) is 0 Å². The number of hydrogen-bond donors (Lipinski definition) is 0. The normalized spacial score (nSPS) is 14.0. The molecular weight excluding hydrogens is 703 g/mol. The zero-order valence-electron chi connectivity index (χ0n) is 32.3. The van der Waals surface area contributed by atoms with Gasteiger partial charge in [0.15, 0.2) is 17.5 Å². The van der Waals surface area contributed by atoms with Gasteiger partial charge in [0.25, 0.3) is 0 Å². The highest BCUT2D eigenvalue weighted by Gasteiger charge is 2.44. The van der Waals surface area contributed by atoms with E-state index in [4.69, 9.17) is 15.0 Å². The Labute approximate surface area is 339 Å². The maximum atomic E-state index is 5.09. The Morgan fingerprint density at radius 3 is 1.55 bits per heavy atom. The molecule has 0 amide bonds. The van der Waals surface area contributed by atoms with E-state index in [1.807, 2.05) is 24.3 Å². The third-order valence-electron chi connectivity index (χ3n) is 12.6. The molecule has 0 bridgehead atoms. The van der Waals surface area contributed by atoms with E-state index in [1.165, 1.54) is 81.8 Å². The predicted molar refractivity (Wildman–Crippen MR) is 239 cm³/mol. The molecule has 1 aromatic heterocycles. The summed E-state index contributed by atoms with van der Waals surface area (Å²) < 4.78 is 0. The first-order valence-corrected chi connectivity index (χ1v) is 20.6. The van der Waals surface area contributed by atoms with Crippen molar-refractivity contribution >= 4 is 10.8 Å². The molecule has 2 aliphatic carbocycles. The highest BCUT2D eigenvalue weighted by atomic mass is 15.0. The number of benzene rings is 8. The molecule has 2 aliphatic rings. The van der Waals surface area contributed by atoms with Gasteiger partial charge in [0.2, 0.25) is 0 Å². The third-order valence-corrected chi connectivity index (χ3v) is 12.6. The van der Waals surface area contributed by atoms with Gasteiger partial charge in [-0.15, -0.1) is 0 Å². The topological polar surface area (TPSA) is 38.7 Å². The average molecular weight is 744 g/mol. The van der Waals surface area contributed by atoms with E-state index in [1.54, 1.807) is 0 Å². The molecule has 1 heterocycles. The molecule has 3 heteroatoms. The molecule has 11 rings (SSSR count). The molecular formula is C55H41N3. The molecule has 8 aromatic carbocycles. The predicted octanol–water partition coefficient (Wildman–Crippen LogP) is 14.3. The minimum Gasteiger partial charge on any atom is -0.208 e. The van der Waals surface area contributed by atoms with E-state index in [-0.39, 0.29) is 5.41 Å². The molecule has 58 heavy (non-hydrogen) atoms. The fraction of sp³-hybridized carbons (Fsp3) is 0.109. The van der Waals surface area contributed by atoms with E-state index in [9.17, 15) is 0 Å². The van der Waals surface area contributed by atoms with E-state index in [2.05, 4.69) is 164 Å². The largest absolute Gasteiger partial charge is 0.208 e. The van der Waals surface area contributed by atoms with Crippen LogP contribution in [0.2, 0.25) is 0 Å². The second-order valence-electron chi connectivity index (χ2n) is 15.8. The van der Waals surface area contributed by atoms with Gasteiger partial charge in [-0.05, 0) is 85.3 Å². The SMILES string of the molecule is c1ccc(-c2cccc(-c3nc(-c4ccccc4)nc(-c4ccc(-c5ccc(-c6cccc7c6-c6ccccc6C76CCCCC6)c6ccccc56)cc4)n3)c2)cc1. The van der Waals surface area contributed by atoms with Crippen LogP contribution < -0.4 is 0 Å². The van der Waals surface area contributed by atoms with E-state index < -0.39 is 0 Å². The van der Waals surface area contributed by atoms with Crippen molar-refractivity contribution in [3.05, 3.63) is 199 Å². The molecule has 0 saturated heterocycles. The molecule has 0 aliphatic heterocycles. The lowest BCUT2D eigenvalue weighted by molar-refractivity contribution is 0.353. The summed E-state index contributed by atoms with van der Waals surface area (Å²) in [4.78, 5) is 15.1. The first-order valence-electron chi connectivity index (χ1n) is 20.6. The molecule has 1 spiro atoms.